The summed E-state index contributed by atoms with van der Waals surface area (Å²) in [4.78, 5) is 12.5. The minimum absolute atomic E-state index is 0.0203. The van der Waals surface area contributed by atoms with Gasteiger partial charge in [0.05, 0.1) is 12.0 Å². The number of hydrogen-bond acceptors (Lipinski definition) is 2. The summed E-state index contributed by atoms with van der Waals surface area (Å²) in [6, 6.07) is 17.2. The summed E-state index contributed by atoms with van der Waals surface area (Å²) in [5.74, 6) is 0.0405. The highest BCUT2D eigenvalue weighted by atomic mass is 16.3. The van der Waals surface area contributed by atoms with Gasteiger partial charge in [0.1, 0.15) is 0 Å². The molecular formula is C17H17NO2. The van der Waals surface area contributed by atoms with Gasteiger partial charge in [0, 0.05) is 5.69 Å². The maximum atomic E-state index is 12.5. The van der Waals surface area contributed by atoms with Gasteiger partial charge in [0.25, 0.3) is 0 Å². The van der Waals surface area contributed by atoms with Gasteiger partial charge >= 0.3 is 0 Å². The van der Waals surface area contributed by atoms with Crippen molar-refractivity contribution >= 4 is 11.6 Å². The zero-order valence-corrected chi connectivity index (χ0v) is 11.2. The Labute approximate surface area is 118 Å². The van der Waals surface area contributed by atoms with E-state index in [1.165, 1.54) is 0 Å². The Kier molecular flexibility index (Phi) is 3.28. The van der Waals surface area contributed by atoms with Crippen LogP contribution in [0.4, 0.5) is 5.69 Å². The Hall–Kier alpha value is -2.13. The minimum atomic E-state index is -0.365. The molecule has 2 N–H and O–H groups in total. The molecule has 0 bridgehead atoms. The molecule has 3 heteroatoms. The monoisotopic (exact) mass is 267 g/mol. The lowest BCUT2D eigenvalue weighted by molar-refractivity contribution is -0.118. The van der Waals surface area contributed by atoms with Gasteiger partial charge in [-0.15, -0.1) is 0 Å². The van der Waals surface area contributed by atoms with Gasteiger partial charge in [-0.05, 0) is 36.1 Å². The zero-order chi connectivity index (χ0) is 14.0. The second-order valence-electron chi connectivity index (χ2n) is 5.26. The van der Waals surface area contributed by atoms with Crippen LogP contribution in [0.2, 0.25) is 0 Å². The molecule has 0 radical (unpaired) electrons. The highest BCUT2D eigenvalue weighted by molar-refractivity contribution is 6.01. The summed E-state index contributed by atoms with van der Waals surface area (Å²) >= 11 is 0. The molecule has 0 heterocycles. The first-order valence-corrected chi connectivity index (χ1v) is 6.81. The van der Waals surface area contributed by atoms with Gasteiger partial charge in [-0.3, -0.25) is 4.79 Å². The van der Waals surface area contributed by atoms with Gasteiger partial charge in [0.15, 0.2) is 0 Å². The Morgan fingerprint density at radius 1 is 1.10 bits per heavy atom. The maximum absolute atomic E-state index is 12.5. The molecule has 1 fully saturated rings. The third kappa shape index (κ3) is 2.32. The molecule has 1 aliphatic rings. The summed E-state index contributed by atoms with van der Waals surface area (Å²) in [7, 11) is 0. The van der Waals surface area contributed by atoms with Crippen molar-refractivity contribution in [2.75, 3.05) is 5.32 Å². The Morgan fingerprint density at radius 3 is 2.50 bits per heavy atom. The van der Waals surface area contributed by atoms with E-state index < -0.39 is 0 Å². The average molecular weight is 267 g/mol. The van der Waals surface area contributed by atoms with E-state index in [9.17, 15) is 4.79 Å². The number of hydrogen-bond donors (Lipinski definition) is 2. The first-order chi connectivity index (χ1) is 9.74. The van der Waals surface area contributed by atoms with E-state index in [0.717, 1.165) is 29.7 Å². The predicted octanol–water partition coefficient (Wildman–Crippen LogP) is 2.85. The van der Waals surface area contributed by atoms with Crippen molar-refractivity contribution in [3.63, 3.8) is 0 Å². The number of carbonyl (C=O) groups excluding carboxylic acids is 1. The molecule has 20 heavy (non-hydrogen) atoms. The first-order valence-electron chi connectivity index (χ1n) is 6.81. The van der Waals surface area contributed by atoms with Crippen LogP contribution in [-0.4, -0.2) is 11.0 Å². The number of benzene rings is 2. The third-order valence-electron chi connectivity index (χ3n) is 3.88. The van der Waals surface area contributed by atoms with E-state index in [-0.39, 0.29) is 17.9 Å². The fourth-order valence-corrected chi connectivity index (χ4v) is 2.53. The van der Waals surface area contributed by atoms with Crippen molar-refractivity contribution in [2.24, 2.45) is 0 Å². The molecule has 0 unspecified atom stereocenters. The number of aliphatic hydroxyl groups is 1. The molecule has 0 atom stereocenters. The van der Waals surface area contributed by atoms with Crippen LogP contribution in [-0.2, 0) is 16.8 Å². The molecule has 0 aromatic heterocycles. The van der Waals surface area contributed by atoms with Crippen molar-refractivity contribution in [3.05, 3.63) is 65.7 Å². The summed E-state index contributed by atoms with van der Waals surface area (Å²) in [6.07, 6.45) is 1.78. The number of rotatable bonds is 4. The fraction of sp³-hybridized carbons (Fsp3) is 0.235. The van der Waals surface area contributed by atoms with Crippen molar-refractivity contribution in [1.82, 2.24) is 0 Å². The van der Waals surface area contributed by atoms with Gasteiger partial charge < -0.3 is 10.4 Å². The smallest absolute Gasteiger partial charge is 0.235 e. The number of amides is 1. The molecule has 3 nitrogen and oxygen atoms in total. The first kappa shape index (κ1) is 12.9. The molecule has 1 aliphatic carbocycles. The molecular weight excluding hydrogens is 250 g/mol. The standard InChI is InChI=1S/C17H17NO2/c19-12-13-5-4-8-15(11-13)18-16(20)17(9-10-17)14-6-2-1-3-7-14/h1-8,11,19H,9-10,12H2,(H,18,20). The molecule has 1 saturated carbocycles. The SMILES string of the molecule is O=C(Nc1cccc(CO)c1)C1(c2ccccc2)CC1. The number of carbonyl (C=O) groups is 1. The van der Waals surface area contributed by atoms with Gasteiger partial charge in [-0.2, -0.15) is 0 Å². The molecule has 1 amide bonds. The fourth-order valence-electron chi connectivity index (χ4n) is 2.53. The Bertz CT molecular complexity index is 618. The lowest BCUT2D eigenvalue weighted by Crippen LogP contribution is -2.27. The van der Waals surface area contributed by atoms with Crippen LogP contribution in [0.3, 0.4) is 0 Å². The number of nitrogens with one attached hydrogen (secondary N) is 1. The molecule has 2 aromatic rings. The zero-order valence-electron chi connectivity index (χ0n) is 11.2. The van der Waals surface area contributed by atoms with Crippen LogP contribution in [0.25, 0.3) is 0 Å². The summed E-state index contributed by atoms with van der Waals surface area (Å²) in [5, 5.41) is 12.1. The largest absolute Gasteiger partial charge is 0.392 e. The summed E-state index contributed by atoms with van der Waals surface area (Å²) < 4.78 is 0. The van der Waals surface area contributed by atoms with E-state index in [0.29, 0.717) is 0 Å². The van der Waals surface area contributed by atoms with E-state index in [4.69, 9.17) is 5.11 Å². The van der Waals surface area contributed by atoms with Crippen molar-refractivity contribution in [3.8, 4) is 0 Å². The average Bonchev–Trinajstić information content (AvgIpc) is 3.30. The van der Waals surface area contributed by atoms with E-state index in [1.54, 1.807) is 6.07 Å². The quantitative estimate of drug-likeness (QED) is 0.895. The number of aliphatic hydroxyl groups excluding tert-OH is 1. The summed E-state index contributed by atoms with van der Waals surface area (Å²) in [5.41, 5.74) is 2.25. The third-order valence-corrected chi connectivity index (χ3v) is 3.88. The Balaban J connectivity index is 1.80. The van der Waals surface area contributed by atoms with Gasteiger partial charge in [0.2, 0.25) is 5.91 Å². The lowest BCUT2D eigenvalue weighted by atomic mass is 9.95. The Morgan fingerprint density at radius 2 is 1.85 bits per heavy atom. The second-order valence-corrected chi connectivity index (χ2v) is 5.26. The molecule has 0 spiro atoms. The predicted molar refractivity (Wildman–Crippen MR) is 78.3 cm³/mol. The normalized spacial score (nSPS) is 15.7. The molecule has 2 aromatic carbocycles. The van der Waals surface area contributed by atoms with Gasteiger partial charge in [-0.25, -0.2) is 0 Å². The van der Waals surface area contributed by atoms with Crippen molar-refractivity contribution in [2.45, 2.75) is 24.9 Å². The highest BCUT2D eigenvalue weighted by Gasteiger charge is 2.51. The van der Waals surface area contributed by atoms with E-state index >= 15 is 0 Å². The second kappa shape index (κ2) is 5.10. The van der Waals surface area contributed by atoms with Crippen LogP contribution in [0.15, 0.2) is 54.6 Å². The van der Waals surface area contributed by atoms with Crippen LogP contribution in [0, 0.1) is 0 Å². The highest BCUT2D eigenvalue weighted by Crippen LogP contribution is 2.48. The van der Waals surface area contributed by atoms with Crippen LogP contribution in [0.1, 0.15) is 24.0 Å². The van der Waals surface area contributed by atoms with Crippen molar-refractivity contribution < 1.29 is 9.90 Å². The lowest BCUT2D eigenvalue weighted by Gasteiger charge is -2.16. The number of anilines is 1. The topological polar surface area (TPSA) is 49.3 Å². The molecule has 0 saturated heterocycles. The molecule has 102 valence electrons. The van der Waals surface area contributed by atoms with Gasteiger partial charge in [-0.1, -0.05) is 42.5 Å². The van der Waals surface area contributed by atoms with Crippen LogP contribution < -0.4 is 5.32 Å². The van der Waals surface area contributed by atoms with E-state index in [2.05, 4.69) is 5.32 Å². The van der Waals surface area contributed by atoms with E-state index in [1.807, 2.05) is 48.5 Å². The van der Waals surface area contributed by atoms with Crippen LogP contribution >= 0.6 is 0 Å². The minimum Gasteiger partial charge on any atom is -0.392 e. The van der Waals surface area contributed by atoms with Crippen molar-refractivity contribution in [1.29, 1.82) is 0 Å². The molecule has 3 rings (SSSR count). The summed E-state index contributed by atoms with van der Waals surface area (Å²) in [6.45, 7) is -0.0203. The van der Waals surface area contributed by atoms with Crippen LogP contribution in [0.5, 0.6) is 0 Å². The maximum Gasteiger partial charge on any atom is 0.235 e. The molecule has 0 aliphatic heterocycles.